The van der Waals surface area contributed by atoms with Gasteiger partial charge >= 0.3 is 0 Å². The number of fused-ring (bicyclic) bond motifs is 2. The van der Waals surface area contributed by atoms with Crippen LogP contribution in [0.25, 0.3) is 55.8 Å². The number of rotatable bonds is 6. The second kappa shape index (κ2) is 11.4. The molecule has 0 atom stereocenters. The molecule has 44 heavy (non-hydrogen) atoms. The van der Waals surface area contributed by atoms with Crippen LogP contribution in [0, 0.1) is 5.82 Å². The molecule has 6 heterocycles. The van der Waals surface area contributed by atoms with Gasteiger partial charge in [-0.1, -0.05) is 18.6 Å². The molecule has 2 N–H and O–H groups in total. The number of nitrogens with one attached hydrogen (secondary N) is 2. The minimum absolute atomic E-state index is 0.274. The van der Waals surface area contributed by atoms with Gasteiger partial charge in [0.25, 0.3) is 0 Å². The van der Waals surface area contributed by atoms with Crippen LogP contribution < -0.4 is 4.90 Å². The lowest BCUT2D eigenvalue weighted by atomic mass is 10.0. The van der Waals surface area contributed by atoms with E-state index in [1.807, 2.05) is 42.9 Å². The zero-order chi connectivity index (χ0) is 29.5. The fraction of sp³-hybridized carbons (Fsp3) is 0.294. The van der Waals surface area contributed by atoms with Crippen molar-refractivity contribution in [3.63, 3.8) is 0 Å². The van der Waals surface area contributed by atoms with E-state index in [2.05, 4.69) is 47.1 Å². The average Bonchev–Trinajstić information content (AvgIpc) is 3.69. The number of pyridine rings is 2. The Kier molecular flexibility index (Phi) is 7.00. The third-order valence-electron chi connectivity index (χ3n) is 8.71. The Labute approximate surface area is 254 Å². The maximum Gasteiger partial charge on any atom is 0.181 e. The van der Waals surface area contributed by atoms with Crippen molar-refractivity contribution < 1.29 is 9.13 Å². The maximum absolute atomic E-state index is 14.9. The van der Waals surface area contributed by atoms with Gasteiger partial charge in [-0.25, -0.2) is 14.4 Å². The van der Waals surface area contributed by atoms with Crippen molar-refractivity contribution in [2.45, 2.75) is 25.8 Å². The van der Waals surface area contributed by atoms with Crippen LogP contribution in [0.4, 0.5) is 10.1 Å². The van der Waals surface area contributed by atoms with Crippen LogP contribution >= 0.6 is 0 Å². The lowest BCUT2D eigenvalue weighted by Gasteiger charge is -2.29. The van der Waals surface area contributed by atoms with E-state index in [9.17, 15) is 4.39 Å². The number of likely N-dealkylation sites (tertiary alicyclic amines) is 1. The first-order chi connectivity index (χ1) is 21.7. The Morgan fingerprint density at radius 1 is 0.864 bits per heavy atom. The Balaban J connectivity index is 1.14. The van der Waals surface area contributed by atoms with Crippen molar-refractivity contribution in [1.29, 1.82) is 0 Å². The third-order valence-corrected chi connectivity index (χ3v) is 8.71. The molecule has 8 rings (SSSR count). The van der Waals surface area contributed by atoms with E-state index in [1.54, 1.807) is 12.1 Å². The number of hydrogen-bond donors (Lipinski definition) is 2. The van der Waals surface area contributed by atoms with Gasteiger partial charge in [0.05, 0.1) is 29.6 Å². The summed E-state index contributed by atoms with van der Waals surface area (Å²) in [5.41, 5.74) is 8.68. The second-order valence-corrected chi connectivity index (χ2v) is 11.7. The van der Waals surface area contributed by atoms with Crippen molar-refractivity contribution in [3.8, 4) is 33.8 Å². The molecular formula is C34H33FN8O. The van der Waals surface area contributed by atoms with E-state index in [0.717, 1.165) is 82.8 Å². The van der Waals surface area contributed by atoms with Gasteiger partial charge in [-0.15, -0.1) is 0 Å². The smallest absolute Gasteiger partial charge is 0.181 e. The number of piperidine rings is 1. The summed E-state index contributed by atoms with van der Waals surface area (Å²) in [6.45, 7) is 5.95. The summed E-state index contributed by atoms with van der Waals surface area (Å²) < 4.78 is 20.4. The van der Waals surface area contributed by atoms with Crippen molar-refractivity contribution in [3.05, 3.63) is 78.5 Å². The first-order valence-corrected chi connectivity index (χ1v) is 15.3. The Hall–Kier alpha value is -4.67. The predicted octanol–water partition coefficient (Wildman–Crippen LogP) is 6.19. The number of morpholine rings is 1. The summed E-state index contributed by atoms with van der Waals surface area (Å²) in [6, 6.07) is 15.4. The molecule has 0 unspecified atom stereocenters. The van der Waals surface area contributed by atoms with Gasteiger partial charge in [0.2, 0.25) is 0 Å². The Morgan fingerprint density at radius 2 is 1.73 bits per heavy atom. The van der Waals surface area contributed by atoms with Crippen LogP contribution in [-0.2, 0) is 11.3 Å². The topological polar surface area (TPSA) is 98.8 Å². The molecule has 0 bridgehead atoms. The minimum atomic E-state index is -0.274. The number of H-pyrrole nitrogens is 2. The third kappa shape index (κ3) is 5.20. The van der Waals surface area contributed by atoms with Gasteiger partial charge in [-0.3, -0.25) is 15.0 Å². The molecule has 2 aromatic carbocycles. The molecule has 6 aromatic rings. The number of halogens is 1. The predicted molar refractivity (Wildman–Crippen MR) is 170 cm³/mol. The quantitative estimate of drug-likeness (QED) is 0.239. The number of benzene rings is 2. The highest BCUT2D eigenvalue weighted by molar-refractivity contribution is 5.97. The number of hydrogen-bond acceptors (Lipinski definition) is 7. The van der Waals surface area contributed by atoms with Crippen LogP contribution in [0.15, 0.2) is 67.1 Å². The Bertz CT molecular complexity index is 1950. The molecule has 2 aliphatic heterocycles. The first-order valence-electron chi connectivity index (χ1n) is 15.3. The summed E-state index contributed by atoms with van der Waals surface area (Å²) in [7, 11) is 0. The minimum Gasteiger partial charge on any atom is -0.378 e. The highest BCUT2D eigenvalue weighted by Crippen LogP contribution is 2.34. The zero-order valence-electron chi connectivity index (χ0n) is 24.4. The largest absolute Gasteiger partial charge is 0.378 e. The van der Waals surface area contributed by atoms with Crippen LogP contribution in [0.5, 0.6) is 0 Å². The number of para-hydroxylation sites is 1. The molecule has 0 amide bonds. The fourth-order valence-corrected chi connectivity index (χ4v) is 6.46. The molecule has 0 spiro atoms. The summed E-state index contributed by atoms with van der Waals surface area (Å²) in [5.74, 6) is 0.375. The zero-order valence-corrected chi connectivity index (χ0v) is 24.4. The van der Waals surface area contributed by atoms with Crippen LogP contribution in [-0.4, -0.2) is 74.4 Å². The van der Waals surface area contributed by atoms with Gasteiger partial charge < -0.3 is 14.6 Å². The van der Waals surface area contributed by atoms with Crippen molar-refractivity contribution in [2.24, 2.45) is 0 Å². The number of aromatic nitrogens is 6. The molecular weight excluding hydrogens is 555 g/mol. The molecule has 0 radical (unpaired) electrons. The number of nitrogens with zero attached hydrogens (tertiary/aromatic N) is 6. The Morgan fingerprint density at radius 3 is 2.61 bits per heavy atom. The summed E-state index contributed by atoms with van der Waals surface area (Å²) in [4.78, 5) is 22.3. The van der Waals surface area contributed by atoms with E-state index in [1.165, 1.54) is 24.8 Å². The summed E-state index contributed by atoms with van der Waals surface area (Å²) >= 11 is 0. The van der Waals surface area contributed by atoms with Gasteiger partial charge in [0.1, 0.15) is 11.5 Å². The van der Waals surface area contributed by atoms with Crippen molar-refractivity contribution in [1.82, 2.24) is 35.0 Å². The molecule has 9 nitrogen and oxygen atoms in total. The molecule has 10 heteroatoms. The van der Waals surface area contributed by atoms with Gasteiger partial charge in [-0.2, -0.15) is 5.10 Å². The highest BCUT2D eigenvalue weighted by atomic mass is 19.1. The number of imidazole rings is 1. The monoisotopic (exact) mass is 588 g/mol. The van der Waals surface area contributed by atoms with Gasteiger partial charge in [-0.05, 0) is 73.5 Å². The molecule has 222 valence electrons. The highest BCUT2D eigenvalue weighted by Gasteiger charge is 2.19. The van der Waals surface area contributed by atoms with Gasteiger partial charge in [0.15, 0.2) is 11.5 Å². The lowest BCUT2D eigenvalue weighted by Crippen LogP contribution is -2.36. The first kappa shape index (κ1) is 26.9. The molecule has 2 saturated heterocycles. The molecule has 4 aromatic heterocycles. The molecule has 0 aliphatic carbocycles. The lowest BCUT2D eigenvalue weighted by molar-refractivity contribution is 0.122. The maximum atomic E-state index is 14.9. The van der Waals surface area contributed by atoms with E-state index in [4.69, 9.17) is 9.72 Å². The standard InChI is InChI=1S/C34H33FN8O/c35-26-14-23(15-27(17-26)43-9-11-44-12-10-43)28-5-4-6-30-31(28)39-34(38-30)32-29-16-25(20-37-33(29)41-40-32)24-13-22(18-36-19-24)21-42-7-2-1-3-8-42/h4-6,13-20H,1-3,7-12,21H2,(H,38,39)(H,37,40,41). The fourth-order valence-electron chi connectivity index (χ4n) is 6.46. The molecule has 2 fully saturated rings. The van der Waals surface area contributed by atoms with Crippen molar-refractivity contribution in [2.75, 3.05) is 44.3 Å². The van der Waals surface area contributed by atoms with E-state index < -0.39 is 0 Å². The molecule has 2 aliphatic rings. The number of anilines is 1. The number of aromatic amines is 2. The molecule has 0 saturated carbocycles. The van der Waals surface area contributed by atoms with Crippen LogP contribution in [0.3, 0.4) is 0 Å². The van der Waals surface area contributed by atoms with E-state index in [0.29, 0.717) is 24.7 Å². The van der Waals surface area contributed by atoms with Crippen LogP contribution in [0.2, 0.25) is 0 Å². The SMILES string of the molecule is Fc1cc(-c2cccc3[nH]c(-c4[nH]nc5ncc(-c6cncc(CN7CCCCC7)c6)cc45)nc23)cc(N2CCOCC2)c1. The van der Waals surface area contributed by atoms with Crippen LogP contribution in [0.1, 0.15) is 24.8 Å². The average molecular weight is 589 g/mol. The van der Waals surface area contributed by atoms with Crippen molar-refractivity contribution >= 4 is 27.8 Å². The summed E-state index contributed by atoms with van der Waals surface area (Å²) in [6.07, 6.45) is 9.54. The summed E-state index contributed by atoms with van der Waals surface area (Å²) in [5, 5.41) is 8.48. The second-order valence-electron chi connectivity index (χ2n) is 11.7. The van der Waals surface area contributed by atoms with E-state index >= 15 is 0 Å². The normalized spacial score (nSPS) is 16.2. The van der Waals surface area contributed by atoms with E-state index in [-0.39, 0.29) is 5.82 Å². The van der Waals surface area contributed by atoms with Gasteiger partial charge in [0, 0.05) is 60.6 Å². The number of ether oxygens (including phenoxy) is 1.